The fourth-order valence-corrected chi connectivity index (χ4v) is 5.36. The number of likely N-dealkylation sites (tertiary alicyclic amines) is 1. The summed E-state index contributed by atoms with van der Waals surface area (Å²) in [4.78, 5) is 14.6. The van der Waals surface area contributed by atoms with Crippen LogP contribution >= 0.6 is 0 Å². The van der Waals surface area contributed by atoms with Gasteiger partial charge in [-0.25, -0.2) is 0 Å². The highest BCUT2D eigenvalue weighted by Crippen LogP contribution is 2.51. The third-order valence-corrected chi connectivity index (χ3v) is 7.11. The van der Waals surface area contributed by atoms with Crippen molar-refractivity contribution in [3.63, 3.8) is 0 Å². The van der Waals surface area contributed by atoms with Crippen LogP contribution in [0, 0.1) is 11.8 Å². The van der Waals surface area contributed by atoms with Crippen LogP contribution in [0.4, 0.5) is 0 Å². The highest BCUT2D eigenvalue weighted by molar-refractivity contribution is 5.71. The number of allylic oxidation sites excluding steroid dienone is 1. The Balaban J connectivity index is 1.67. The Hall–Kier alpha value is -1.81. The summed E-state index contributed by atoms with van der Waals surface area (Å²) in [5.41, 5.74) is 2.80. The van der Waals surface area contributed by atoms with Crippen molar-refractivity contribution < 1.29 is 14.3 Å². The molecule has 4 nitrogen and oxygen atoms in total. The molecule has 4 rings (SSSR count). The molecule has 0 aromatic heterocycles. The van der Waals surface area contributed by atoms with Gasteiger partial charge < -0.3 is 9.47 Å². The predicted molar refractivity (Wildman–Crippen MR) is 111 cm³/mol. The monoisotopic (exact) mass is 383 g/mol. The molecule has 1 heterocycles. The highest BCUT2D eigenvalue weighted by atomic mass is 16.5. The van der Waals surface area contributed by atoms with Gasteiger partial charge in [0.15, 0.2) is 0 Å². The largest absolute Gasteiger partial charge is 0.497 e. The first-order valence-electron chi connectivity index (χ1n) is 10.8. The standard InChI is InChI=1S/C24H33NO3/c1-4-28-23(26)6-5-11-24-12-13-25(16-18-7-8-18)22(17(24)2)14-19-9-10-20(27-3)15-21(19)24/h5,9-11,15,17-18,22H,4,6-8,12-14,16H2,1-3H3. The molecule has 0 N–H and O–H groups in total. The molecule has 4 heteroatoms. The lowest BCUT2D eigenvalue weighted by molar-refractivity contribution is -0.142. The van der Waals surface area contributed by atoms with E-state index in [1.54, 1.807) is 7.11 Å². The second-order valence-corrected chi connectivity index (χ2v) is 8.72. The number of esters is 1. The maximum Gasteiger partial charge on any atom is 0.309 e. The summed E-state index contributed by atoms with van der Waals surface area (Å²) in [5, 5.41) is 0. The van der Waals surface area contributed by atoms with E-state index < -0.39 is 0 Å². The van der Waals surface area contributed by atoms with Crippen molar-refractivity contribution in [3.8, 4) is 5.75 Å². The summed E-state index contributed by atoms with van der Waals surface area (Å²) in [6, 6.07) is 7.14. The van der Waals surface area contributed by atoms with Crippen molar-refractivity contribution in [2.75, 3.05) is 26.8 Å². The van der Waals surface area contributed by atoms with Crippen LogP contribution in [0.3, 0.4) is 0 Å². The number of fused-ring (bicyclic) bond motifs is 4. The lowest BCUT2D eigenvalue weighted by Crippen LogP contribution is -2.58. The zero-order valence-corrected chi connectivity index (χ0v) is 17.4. The predicted octanol–water partition coefficient (Wildman–Crippen LogP) is 4.12. The Morgan fingerprint density at radius 3 is 2.89 bits per heavy atom. The van der Waals surface area contributed by atoms with Crippen molar-refractivity contribution in [1.29, 1.82) is 0 Å². The number of hydrogen-bond donors (Lipinski definition) is 0. The second kappa shape index (κ2) is 7.90. The van der Waals surface area contributed by atoms with E-state index in [0.717, 1.165) is 31.1 Å². The van der Waals surface area contributed by atoms with E-state index >= 15 is 0 Å². The van der Waals surface area contributed by atoms with Crippen molar-refractivity contribution >= 4 is 5.97 Å². The molecule has 0 amide bonds. The van der Waals surface area contributed by atoms with E-state index in [9.17, 15) is 4.79 Å². The normalized spacial score (nSPS) is 29.5. The molecular formula is C24H33NO3. The van der Waals surface area contributed by atoms with Crippen molar-refractivity contribution in [3.05, 3.63) is 41.5 Å². The summed E-state index contributed by atoms with van der Waals surface area (Å²) in [6.45, 7) is 7.08. The quantitative estimate of drug-likeness (QED) is 0.524. The first-order chi connectivity index (χ1) is 13.6. The Kier molecular flexibility index (Phi) is 5.50. The van der Waals surface area contributed by atoms with Gasteiger partial charge in [-0.2, -0.15) is 0 Å². The maximum atomic E-state index is 11.9. The molecule has 3 unspecified atom stereocenters. The summed E-state index contributed by atoms with van der Waals surface area (Å²) in [7, 11) is 1.73. The molecule has 3 aliphatic rings. The fraction of sp³-hybridized carbons (Fsp3) is 0.625. The van der Waals surface area contributed by atoms with Crippen molar-refractivity contribution in [2.24, 2.45) is 11.8 Å². The number of hydrogen-bond acceptors (Lipinski definition) is 4. The summed E-state index contributed by atoms with van der Waals surface area (Å²) >= 11 is 0. The number of nitrogens with zero attached hydrogens (tertiary/aromatic N) is 1. The van der Waals surface area contributed by atoms with Gasteiger partial charge in [0.25, 0.3) is 0 Å². The fourth-order valence-electron chi connectivity index (χ4n) is 5.36. The molecular weight excluding hydrogens is 350 g/mol. The van der Waals surface area contributed by atoms with Gasteiger partial charge in [0.2, 0.25) is 0 Å². The first-order valence-corrected chi connectivity index (χ1v) is 10.8. The molecule has 1 saturated heterocycles. The van der Waals surface area contributed by atoms with Gasteiger partial charge >= 0.3 is 5.97 Å². The van der Waals surface area contributed by atoms with Crippen LogP contribution in [0.15, 0.2) is 30.4 Å². The van der Waals surface area contributed by atoms with E-state index in [1.807, 2.05) is 13.0 Å². The van der Waals surface area contributed by atoms with Gasteiger partial charge in [0.05, 0.1) is 20.1 Å². The number of benzene rings is 1. The zero-order valence-electron chi connectivity index (χ0n) is 17.4. The van der Waals surface area contributed by atoms with E-state index in [-0.39, 0.29) is 11.4 Å². The maximum absolute atomic E-state index is 11.9. The SMILES string of the molecule is CCOC(=O)CC=CC12CCN(CC3CC3)C(Cc3ccc(OC)cc31)C2C. The minimum atomic E-state index is -0.146. The van der Waals surface area contributed by atoms with Gasteiger partial charge in [-0.05, 0) is 74.2 Å². The summed E-state index contributed by atoms with van der Waals surface area (Å²) in [6.07, 6.45) is 9.70. The molecule has 2 aliphatic carbocycles. The van der Waals surface area contributed by atoms with Crippen LogP contribution in [-0.4, -0.2) is 43.7 Å². The Morgan fingerprint density at radius 1 is 1.36 bits per heavy atom. The Morgan fingerprint density at radius 2 is 2.18 bits per heavy atom. The van der Waals surface area contributed by atoms with Crippen LogP contribution < -0.4 is 4.74 Å². The minimum Gasteiger partial charge on any atom is -0.497 e. The number of carbonyl (C=O) groups excluding carboxylic acids is 1. The lowest BCUT2D eigenvalue weighted by Gasteiger charge is -2.55. The van der Waals surface area contributed by atoms with Crippen LogP contribution in [-0.2, 0) is 21.4 Å². The van der Waals surface area contributed by atoms with Gasteiger partial charge in [0.1, 0.15) is 5.75 Å². The number of ether oxygens (including phenoxy) is 2. The average Bonchev–Trinajstić information content (AvgIpc) is 3.50. The molecule has 152 valence electrons. The molecule has 0 radical (unpaired) electrons. The smallest absolute Gasteiger partial charge is 0.309 e. The molecule has 1 aromatic carbocycles. The van der Waals surface area contributed by atoms with E-state index in [0.29, 0.717) is 25.0 Å². The number of carbonyl (C=O) groups is 1. The van der Waals surface area contributed by atoms with Gasteiger partial charge in [-0.3, -0.25) is 9.69 Å². The average molecular weight is 384 g/mol. The van der Waals surface area contributed by atoms with Gasteiger partial charge in [-0.1, -0.05) is 25.1 Å². The highest BCUT2D eigenvalue weighted by Gasteiger charge is 2.50. The molecule has 1 saturated carbocycles. The molecule has 2 fully saturated rings. The molecule has 0 spiro atoms. The first kappa shape index (κ1) is 19.5. The summed E-state index contributed by atoms with van der Waals surface area (Å²) < 4.78 is 10.7. The number of piperidine rings is 1. The van der Waals surface area contributed by atoms with Crippen molar-refractivity contribution in [1.82, 2.24) is 4.90 Å². The molecule has 28 heavy (non-hydrogen) atoms. The topological polar surface area (TPSA) is 38.8 Å². The van der Waals surface area contributed by atoms with E-state index in [1.165, 1.54) is 30.5 Å². The van der Waals surface area contributed by atoms with Crippen LogP contribution in [0.25, 0.3) is 0 Å². The molecule has 2 bridgehead atoms. The van der Waals surface area contributed by atoms with Crippen LogP contribution in [0.1, 0.15) is 50.7 Å². The third kappa shape index (κ3) is 3.59. The molecule has 3 atom stereocenters. The zero-order chi connectivity index (χ0) is 19.7. The minimum absolute atomic E-state index is 0.0284. The second-order valence-electron chi connectivity index (χ2n) is 8.72. The third-order valence-electron chi connectivity index (χ3n) is 7.11. The Bertz CT molecular complexity index is 754. The molecule has 1 aliphatic heterocycles. The molecule has 1 aromatic rings. The number of methoxy groups -OCH3 is 1. The van der Waals surface area contributed by atoms with Crippen molar-refractivity contribution in [2.45, 2.75) is 57.4 Å². The van der Waals surface area contributed by atoms with Gasteiger partial charge in [0, 0.05) is 18.0 Å². The Labute approximate surface area is 168 Å². The number of rotatable bonds is 7. The lowest BCUT2D eigenvalue weighted by atomic mass is 9.57. The van der Waals surface area contributed by atoms with Crippen LogP contribution in [0.2, 0.25) is 0 Å². The van der Waals surface area contributed by atoms with E-state index in [2.05, 4.69) is 36.1 Å². The summed E-state index contributed by atoms with van der Waals surface area (Å²) in [5.74, 6) is 2.20. The van der Waals surface area contributed by atoms with Gasteiger partial charge in [-0.15, -0.1) is 0 Å². The van der Waals surface area contributed by atoms with E-state index in [4.69, 9.17) is 9.47 Å². The van der Waals surface area contributed by atoms with Crippen LogP contribution in [0.5, 0.6) is 5.75 Å².